The molecule has 6 heteroatoms. The topological polar surface area (TPSA) is 96.7 Å². The molecule has 0 unspecified atom stereocenters. The number of anilines is 1. The van der Waals surface area contributed by atoms with Gasteiger partial charge in [-0.1, -0.05) is 6.07 Å². The molecule has 1 amide bonds. The Morgan fingerprint density at radius 3 is 2.88 bits per heavy atom. The van der Waals surface area contributed by atoms with Gasteiger partial charge in [-0.15, -0.1) is 0 Å². The lowest BCUT2D eigenvalue weighted by molar-refractivity contribution is 0.102. The average molecular weight is 217 g/mol. The Kier molecular flexibility index (Phi) is 2.93. The number of carbonyl (C=O) groups is 1. The molecule has 2 aromatic rings. The van der Waals surface area contributed by atoms with Crippen molar-refractivity contribution in [2.45, 2.75) is 6.54 Å². The van der Waals surface area contributed by atoms with Crippen molar-refractivity contribution < 1.29 is 4.79 Å². The summed E-state index contributed by atoms with van der Waals surface area (Å²) in [6.45, 7) is 0.412. The van der Waals surface area contributed by atoms with Gasteiger partial charge in [0.15, 0.2) is 0 Å². The minimum atomic E-state index is -0.284. The van der Waals surface area contributed by atoms with E-state index in [2.05, 4.69) is 20.5 Å². The van der Waals surface area contributed by atoms with E-state index < -0.39 is 0 Å². The third-order valence-electron chi connectivity index (χ3n) is 2.04. The molecular formula is C10H11N5O. The molecule has 2 rings (SSSR count). The van der Waals surface area contributed by atoms with Crippen LogP contribution in [0.5, 0.6) is 0 Å². The highest BCUT2D eigenvalue weighted by atomic mass is 16.1. The van der Waals surface area contributed by atoms with E-state index in [1.165, 1.54) is 0 Å². The Hall–Kier alpha value is -2.21. The van der Waals surface area contributed by atoms with Gasteiger partial charge in [0.25, 0.3) is 5.91 Å². The predicted molar refractivity (Wildman–Crippen MR) is 58.7 cm³/mol. The van der Waals surface area contributed by atoms with Gasteiger partial charge < -0.3 is 11.1 Å². The molecular weight excluding hydrogens is 206 g/mol. The first-order valence-electron chi connectivity index (χ1n) is 4.75. The Labute approximate surface area is 91.9 Å². The van der Waals surface area contributed by atoms with Gasteiger partial charge in [0.2, 0.25) is 0 Å². The van der Waals surface area contributed by atoms with Crippen LogP contribution in [0.2, 0.25) is 0 Å². The maximum atomic E-state index is 11.7. The Morgan fingerprint density at radius 1 is 1.44 bits per heavy atom. The molecule has 16 heavy (non-hydrogen) atoms. The molecule has 0 atom stereocenters. The molecule has 0 saturated carbocycles. The molecule has 0 bridgehead atoms. The zero-order chi connectivity index (χ0) is 11.4. The van der Waals surface area contributed by atoms with Crippen LogP contribution in [0.1, 0.15) is 16.1 Å². The summed E-state index contributed by atoms with van der Waals surface area (Å²) in [6, 6.07) is 5.06. The number of amides is 1. The SMILES string of the molecule is NCc1ccc(C(=O)Nc2ccn[nH]2)nc1. The molecule has 0 fully saturated rings. The molecule has 6 nitrogen and oxygen atoms in total. The lowest BCUT2D eigenvalue weighted by atomic mass is 10.2. The summed E-state index contributed by atoms with van der Waals surface area (Å²) in [6.07, 6.45) is 3.14. The molecule has 2 aromatic heterocycles. The summed E-state index contributed by atoms with van der Waals surface area (Å²) in [5.41, 5.74) is 6.66. The Bertz CT molecular complexity index is 462. The molecule has 82 valence electrons. The molecule has 0 spiro atoms. The van der Waals surface area contributed by atoms with E-state index in [1.54, 1.807) is 30.6 Å². The van der Waals surface area contributed by atoms with Gasteiger partial charge in [-0.3, -0.25) is 14.9 Å². The molecule has 0 aromatic carbocycles. The Balaban J connectivity index is 2.09. The van der Waals surface area contributed by atoms with Gasteiger partial charge in [-0.25, -0.2) is 0 Å². The fourth-order valence-corrected chi connectivity index (χ4v) is 1.19. The van der Waals surface area contributed by atoms with Crippen LogP contribution in [-0.2, 0) is 6.54 Å². The van der Waals surface area contributed by atoms with Crippen molar-refractivity contribution in [3.8, 4) is 0 Å². The van der Waals surface area contributed by atoms with Crippen molar-refractivity contribution in [3.05, 3.63) is 41.9 Å². The number of rotatable bonds is 3. The standard InChI is InChI=1S/C10H11N5O/c11-5-7-1-2-8(12-6-7)10(16)14-9-3-4-13-15-9/h1-4,6H,5,11H2,(H2,13,14,15,16). The maximum absolute atomic E-state index is 11.7. The number of nitrogens with zero attached hydrogens (tertiary/aromatic N) is 2. The van der Waals surface area contributed by atoms with Gasteiger partial charge in [-0.05, 0) is 11.6 Å². The second kappa shape index (κ2) is 4.54. The van der Waals surface area contributed by atoms with Gasteiger partial charge in [0.05, 0.1) is 6.20 Å². The fraction of sp³-hybridized carbons (Fsp3) is 0.100. The van der Waals surface area contributed by atoms with Crippen molar-refractivity contribution in [2.75, 3.05) is 5.32 Å². The van der Waals surface area contributed by atoms with Gasteiger partial charge in [0.1, 0.15) is 11.5 Å². The van der Waals surface area contributed by atoms with Crippen molar-refractivity contribution in [1.82, 2.24) is 15.2 Å². The second-order valence-corrected chi connectivity index (χ2v) is 3.18. The number of aromatic nitrogens is 3. The molecule has 0 aliphatic rings. The summed E-state index contributed by atoms with van der Waals surface area (Å²) in [7, 11) is 0. The van der Waals surface area contributed by atoms with Crippen LogP contribution in [0.3, 0.4) is 0 Å². The summed E-state index contributed by atoms with van der Waals surface area (Å²) >= 11 is 0. The number of aromatic amines is 1. The molecule has 0 aliphatic carbocycles. The van der Waals surface area contributed by atoms with Gasteiger partial charge in [0, 0.05) is 18.8 Å². The van der Waals surface area contributed by atoms with E-state index in [0.717, 1.165) is 5.56 Å². The number of pyridine rings is 1. The van der Waals surface area contributed by atoms with Crippen LogP contribution in [-0.4, -0.2) is 21.1 Å². The van der Waals surface area contributed by atoms with E-state index in [0.29, 0.717) is 18.1 Å². The highest BCUT2D eigenvalue weighted by molar-refractivity contribution is 6.02. The summed E-state index contributed by atoms with van der Waals surface area (Å²) in [5.74, 6) is 0.252. The quantitative estimate of drug-likeness (QED) is 0.698. The monoisotopic (exact) mass is 217 g/mol. The van der Waals surface area contributed by atoms with Gasteiger partial charge in [-0.2, -0.15) is 5.10 Å². The summed E-state index contributed by atoms with van der Waals surface area (Å²) < 4.78 is 0. The van der Waals surface area contributed by atoms with Crippen LogP contribution in [0, 0.1) is 0 Å². The van der Waals surface area contributed by atoms with Crippen molar-refractivity contribution in [3.63, 3.8) is 0 Å². The zero-order valence-electron chi connectivity index (χ0n) is 8.47. The van der Waals surface area contributed by atoms with Crippen LogP contribution in [0.25, 0.3) is 0 Å². The number of nitrogens with two attached hydrogens (primary N) is 1. The normalized spacial score (nSPS) is 10.1. The first-order chi connectivity index (χ1) is 7.79. The minimum Gasteiger partial charge on any atom is -0.326 e. The number of nitrogens with one attached hydrogen (secondary N) is 2. The molecule has 0 aliphatic heterocycles. The van der Waals surface area contributed by atoms with E-state index in [4.69, 9.17) is 5.73 Å². The van der Waals surface area contributed by atoms with E-state index in [-0.39, 0.29) is 5.91 Å². The zero-order valence-corrected chi connectivity index (χ0v) is 8.47. The second-order valence-electron chi connectivity index (χ2n) is 3.18. The average Bonchev–Trinajstić information content (AvgIpc) is 2.82. The number of hydrogen-bond donors (Lipinski definition) is 3. The first-order valence-corrected chi connectivity index (χ1v) is 4.75. The van der Waals surface area contributed by atoms with Crippen LogP contribution >= 0.6 is 0 Å². The minimum absolute atomic E-state index is 0.284. The fourth-order valence-electron chi connectivity index (χ4n) is 1.19. The summed E-state index contributed by atoms with van der Waals surface area (Å²) in [4.78, 5) is 15.7. The Morgan fingerprint density at radius 2 is 2.31 bits per heavy atom. The first kappa shape index (κ1) is 10.3. The van der Waals surface area contributed by atoms with Crippen molar-refractivity contribution >= 4 is 11.7 Å². The third kappa shape index (κ3) is 2.23. The van der Waals surface area contributed by atoms with Crippen molar-refractivity contribution in [2.24, 2.45) is 5.73 Å². The highest BCUT2D eigenvalue weighted by Gasteiger charge is 2.07. The molecule has 0 saturated heterocycles. The lowest BCUT2D eigenvalue weighted by Crippen LogP contribution is -2.14. The van der Waals surface area contributed by atoms with Crippen molar-refractivity contribution in [1.29, 1.82) is 0 Å². The number of H-pyrrole nitrogens is 1. The summed E-state index contributed by atoms with van der Waals surface area (Å²) in [5, 5.41) is 8.98. The van der Waals surface area contributed by atoms with E-state index >= 15 is 0 Å². The smallest absolute Gasteiger partial charge is 0.275 e. The van der Waals surface area contributed by atoms with E-state index in [1.807, 2.05) is 0 Å². The lowest BCUT2D eigenvalue weighted by Gasteiger charge is -2.02. The van der Waals surface area contributed by atoms with Crippen LogP contribution < -0.4 is 11.1 Å². The molecule has 2 heterocycles. The highest BCUT2D eigenvalue weighted by Crippen LogP contribution is 2.04. The maximum Gasteiger partial charge on any atom is 0.275 e. The van der Waals surface area contributed by atoms with E-state index in [9.17, 15) is 4.79 Å². The largest absolute Gasteiger partial charge is 0.326 e. The predicted octanol–water partition coefficient (Wildman–Crippen LogP) is 0.516. The van der Waals surface area contributed by atoms with Crippen LogP contribution in [0.15, 0.2) is 30.6 Å². The van der Waals surface area contributed by atoms with Crippen LogP contribution in [0.4, 0.5) is 5.82 Å². The van der Waals surface area contributed by atoms with Gasteiger partial charge >= 0.3 is 0 Å². The number of hydrogen-bond acceptors (Lipinski definition) is 4. The molecule has 4 N–H and O–H groups in total. The molecule has 0 radical (unpaired) electrons. The third-order valence-corrected chi connectivity index (χ3v) is 2.04. The number of carbonyl (C=O) groups excluding carboxylic acids is 1.